The van der Waals surface area contributed by atoms with Crippen LogP contribution in [0.5, 0.6) is 0 Å². The van der Waals surface area contributed by atoms with Crippen LogP contribution in [-0.4, -0.2) is 34.5 Å². The zero-order chi connectivity index (χ0) is 19.0. The van der Waals surface area contributed by atoms with Crippen molar-refractivity contribution in [3.05, 3.63) is 92.0 Å². The molecule has 0 bridgehead atoms. The summed E-state index contributed by atoms with van der Waals surface area (Å²) in [6.45, 7) is -0.750. The van der Waals surface area contributed by atoms with Gasteiger partial charge in [-0.15, -0.1) is 0 Å². The van der Waals surface area contributed by atoms with Gasteiger partial charge in [0.15, 0.2) is 6.54 Å². The van der Waals surface area contributed by atoms with Crippen LogP contribution in [0.4, 0.5) is 0 Å². The number of carbonyl (C=O) groups excluding carboxylic acids is 1. The van der Waals surface area contributed by atoms with Gasteiger partial charge >= 0.3 is 5.66 Å². The molecule has 1 amide bonds. The molecule has 0 heterocycles. The first-order chi connectivity index (χ1) is 12.5. The molecule has 3 N–H and O–H groups in total. The summed E-state index contributed by atoms with van der Waals surface area (Å²) < 4.78 is 0. The minimum Gasteiger partial charge on any atom is -0.338 e. The molecule has 9 heteroatoms. The molecule has 9 nitrogen and oxygen atoms in total. The molecule has 0 fully saturated rings. The van der Waals surface area contributed by atoms with Gasteiger partial charge in [-0.05, 0) is 12.1 Å². The normalized spacial score (nSPS) is 10.9. The van der Waals surface area contributed by atoms with Gasteiger partial charge in [0.2, 0.25) is 6.54 Å². The zero-order valence-electron chi connectivity index (χ0n) is 13.9. The summed E-state index contributed by atoms with van der Waals surface area (Å²) in [4.78, 5) is 33.1. The first-order valence-electron chi connectivity index (χ1n) is 7.93. The first-order valence-corrected chi connectivity index (χ1v) is 7.93. The molecule has 2 rings (SSSR count). The fourth-order valence-electron chi connectivity index (χ4n) is 2.41. The van der Waals surface area contributed by atoms with Crippen molar-refractivity contribution in [3.63, 3.8) is 0 Å². The van der Waals surface area contributed by atoms with Crippen molar-refractivity contribution in [3.8, 4) is 0 Å². The lowest BCUT2D eigenvalue weighted by molar-refractivity contribution is -0.844. The number of amides is 1. The largest absolute Gasteiger partial charge is 0.521 e. The second-order valence-corrected chi connectivity index (χ2v) is 5.73. The fourth-order valence-corrected chi connectivity index (χ4v) is 2.41. The average molecular weight is 359 g/mol. The topological polar surface area (TPSA) is 132 Å². The van der Waals surface area contributed by atoms with Crippen LogP contribution in [0.3, 0.4) is 0 Å². The van der Waals surface area contributed by atoms with Gasteiger partial charge in [0, 0.05) is 11.1 Å². The molecule has 0 aliphatic rings. The van der Waals surface area contributed by atoms with E-state index in [0.717, 1.165) is 5.56 Å². The van der Waals surface area contributed by atoms with Crippen LogP contribution in [0, 0.1) is 20.2 Å². The van der Waals surface area contributed by atoms with Gasteiger partial charge in [0.25, 0.3) is 5.91 Å². The first kappa shape index (κ1) is 19.0. The summed E-state index contributed by atoms with van der Waals surface area (Å²) in [5, 5.41) is 26.7. The molecule has 0 spiro atoms. The molecule has 136 valence electrons. The lowest BCUT2D eigenvalue weighted by atomic mass is 10.1. The highest BCUT2D eigenvalue weighted by molar-refractivity contribution is 5.94. The van der Waals surface area contributed by atoms with Gasteiger partial charge in [-0.1, -0.05) is 48.5 Å². The van der Waals surface area contributed by atoms with Crippen LogP contribution in [0.25, 0.3) is 0 Å². The molecular weight excluding hydrogens is 340 g/mol. The molecule has 0 radical (unpaired) electrons. The second kappa shape index (κ2) is 8.67. The van der Waals surface area contributed by atoms with E-state index in [2.05, 4.69) is 5.32 Å². The smallest absolute Gasteiger partial charge is 0.338 e. The third-order valence-electron chi connectivity index (χ3n) is 3.94. The third-order valence-corrected chi connectivity index (χ3v) is 3.94. The molecule has 0 aliphatic heterocycles. The maximum Gasteiger partial charge on any atom is 0.521 e. The Balaban J connectivity index is 2.05. The Labute approximate surface area is 149 Å². The number of nitrogens with zero attached hydrogens (tertiary/aromatic N) is 2. The van der Waals surface area contributed by atoms with Gasteiger partial charge in [0.1, 0.15) is 16.4 Å². The molecule has 0 aliphatic carbocycles. The Morgan fingerprint density at radius 2 is 1.50 bits per heavy atom. The minimum atomic E-state index is -2.50. The molecule has 0 saturated carbocycles. The quantitative estimate of drug-likeness (QED) is 0.381. The number of nitro groups is 2. The summed E-state index contributed by atoms with van der Waals surface area (Å²) in [6, 6.07) is 17.2. The monoisotopic (exact) mass is 359 g/mol. The van der Waals surface area contributed by atoms with E-state index >= 15 is 0 Å². The second-order valence-electron chi connectivity index (χ2n) is 5.73. The highest BCUT2D eigenvalue weighted by Gasteiger charge is 2.58. The van der Waals surface area contributed by atoms with Gasteiger partial charge in [0.05, 0.1) is 0 Å². The van der Waals surface area contributed by atoms with Crippen molar-refractivity contribution in [2.45, 2.75) is 12.2 Å². The third kappa shape index (κ3) is 4.61. The van der Waals surface area contributed by atoms with Gasteiger partial charge in [-0.25, -0.2) is 0 Å². The molecule has 26 heavy (non-hydrogen) atoms. The zero-order valence-corrected chi connectivity index (χ0v) is 13.9. The number of quaternary nitrogens is 1. The van der Waals surface area contributed by atoms with E-state index < -0.39 is 34.5 Å². The van der Waals surface area contributed by atoms with Gasteiger partial charge in [-0.3, -0.25) is 25.0 Å². The predicted octanol–water partition coefficient (Wildman–Crippen LogP) is 0.430. The van der Waals surface area contributed by atoms with Crippen LogP contribution < -0.4 is 10.6 Å². The number of hydrogen-bond donors (Lipinski definition) is 2. The summed E-state index contributed by atoms with van der Waals surface area (Å²) in [5.74, 6) is -0.596. The van der Waals surface area contributed by atoms with Crippen LogP contribution in [0.1, 0.15) is 15.9 Å². The lowest BCUT2D eigenvalue weighted by Gasteiger charge is -2.16. The molecular formula is C17H19N4O5+. The number of rotatable bonds is 9. The van der Waals surface area contributed by atoms with E-state index in [1.165, 1.54) is 17.4 Å². The van der Waals surface area contributed by atoms with Crippen molar-refractivity contribution < 1.29 is 20.0 Å². The van der Waals surface area contributed by atoms with Crippen molar-refractivity contribution in [1.82, 2.24) is 5.32 Å². The fraction of sp³-hybridized carbons (Fsp3) is 0.235. The van der Waals surface area contributed by atoms with Crippen molar-refractivity contribution in [1.29, 1.82) is 0 Å². The van der Waals surface area contributed by atoms with Crippen molar-refractivity contribution in [2.24, 2.45) is 0 Å². The highest BCUT2D eigenvalue weighted by atomic mass is 16.7. The van der Waals surface area contributed by atoms with Crippen molar-refractivity contribution >= 4 is 5.91 Å². The van der Waals surface area contributed by atoms with Gasteiger partial charge in [-0.2, -0.15) is 0 Å². The van der Waals surface area contributed by atoms with Crippen LogP contribution in [-0.2, 0) is 6.54 Å². The Morgan fingerprint density at radius 3 is 2.04 bits per heavy atom. The summed E-state index contributed by atoms with van der Waals surface area (Å²) in [7, 11) is 0. The standard InChI is InChI=1S/C17H18N4O5/c22-16(15-9-5-2-6-10-15)19-13-17(20(23)24,21(25)26)12-18-11-14-7-3-1-4-8-14/h1-10,18H,11-13H2,(H,19,22)/p+1. The summed E-state index contributed by atoms with van der Waals surface area (Å²) >= 11 is 0. The van der Waals surface area contributed by atoms with E-state index in [9.17, 15) is 25.0 Å². The average Bonchev–Trinajstić information content (AvgIpc) is 2.65. The number of nitrogens with one attached hydrogen (secondary N) is 1. The lowest BCUT2D eigenvalue weighted by Crippen LogP contribution is -2.89. The Bertz CT molecular complexity index is 753. The molecule has 0 atom stereocenters. The van der Waals surface area contributed by atoms with E-state index in [1.54, 1.807) is 18.2 Å². The number of carbonyl (C=O) groups is 1. The number of benzene rings is 2. The maximum absolute atomic E-state index is 12.1. The van der Waals surface area contributed by atoms with Crippen LogP contribution in [0.15, 0.2) is 60.7 Å². The molecule has 0 unspecified atom stereocenters. The molecule has 2 aromatic rings. The number of nitrogens with two attached hydrogens (primary N) is 1. The predicted molar refractivity (Wildman–Crippen MR) is 92.4 cm³/mol. The SMILES string of the molecule is O=C(NCC(C[NH2+]Cc1ccccc1)([N+](=O)[O-])[N+](=O)[O-])c1ccccc1. The Morgan fingerprint density at radius 1 is 0.962 bits per heavy atom. The maximum atomic E-state index is 12.1. The van der Waals surface area contributed by atoms with Crippen molar-refractivity contribution in [2.75, 3.05) is 13.1 Å². The summed E-state index contributed by atoms with van der Waals surface area (Å²) in [6.07, 6.45) is 0. The van der Waals surface area contributed by atoms with E-state index in [4.69, 9.17) is 0 Å². The minimum absolute atomic E-state index is 0.279. The van der Waals surface area contributed by atoms with E-state index in [0.29, 0.717) is 6.54 Å². The molecule has 0 saturated heterocycles. The Hall–Kier alpha value is -3.33. The summed E-state index contributed by atoms with van der Waals surface area (Å²) in [5.41, 5.74) is -1.33. The van der Waals surface area contributed by atoms with Crippen LogP contribution >= 0.6 is 0 Å². The van der Waals surface area contributed by atoms with Crippen LogP contribution in [0.2, 0.25) is 0 Å². The number of hydrogen-bond acceptors (Lipinski definition) is 5. The van der Waals surface area contributed by atoms with Gasteiger partial charge < -0.3 is 10.6 Å². The van der Waals surface area contributed by atoms with E-state index in [-0.39, 0.29) is 5.56 Å². The van der Waals surface area contributed by atoms with E-state index in [1.807, 2.05) is 30.3 Å². The Kier molecular flexibility index (Phi) is 6.34. The molecule has 0 aromatic heterocycles. The molecule has 2 aromatic carbocycles. The highest BCUT2D eigenvalue weighted by Crippen LogP contribution is 2.09.